The number of benzene rings is 2. The van der Waals surface area contributed by atoms with Crippen LogP contribution >= 0.6 is 0 Å². The van der Waals surface area contributed by atoms with Crippen LogP contribution in [-0.2, 0) is 9.47 Å². The van der Waals surface area contributed by atoms with Crippen molar-refractivity contribution in [2.75, 3.05) is 10.6 Å². The monoisotopic (exact) mass is 364 g/mol. The van der Waals surface area contributed by atoms with Crippen molar-refractivity contribution in [3.05, 3.63) is 85.0 Å². The fraction of sp³-hybridized carbons (Fsp3) is 0.143. The Hall–Kier alpha value is -3.54. The van der Waals surface area contributed by atoms with Gasteiger partial charge in [0.05, 0.1) is 0 Å². The minimum atomic E-state index is -0.703. The highest BCUT2D eigenvalue weighted by Crippen LogP contribution is 2.17. The maximum Gasteiger partial charge on any atom is 0.412 e. The topological polar surface area (TPSA) is 76.7 Å². The van der Waals surface area contributed by atoms with Crippen molar-refractivity contribution in [1.82, 2.24) is 0 Å². The summed E-state index contributed by atoms with van der Waals surface area (Å²) in [5.41, 5.74) is 1.25. The zero-order valence-electron chi connectivity index (χ0n) is 14.6. The van der Waals surface area contributed by atoms with Crippen molar-refractivity contribution in [3.63, 3.8) is 0 Å². The average Bonchev–Trinajstić information content (AvgIpc) is 2.88. The summed E-state index contributed by atoms with van der Waals surface area (Å²) in [4.78, 5) is 24.3. The van der Waals surface area contributed by atoms with E-state index in [9.17, 15) is 9.59 Å². The van der Waals surface area contributed by atoms with Crippen molar-refractivity contribution in [2.45, 2.75) is 18.6 Å². The second-order valence-electron chi connectivity index (χ2n) is 5.84. The van der Waals surface area contributed by atoms with Gasteiger partial charge in [0.1, 0.15) is 6.10 Å². The molecule has 2 aromatic carbocycles. The van der Waals surface area contributed by atoms with E-state index in [0.717, 1.165) is 0 Å². The molecule has 0 bridgehead atoms. The number of carbonyl (C=O) groups is 2. The highest BCUT2D eigenvalue weighted by Gasteiger charge is 2.27. The van der Waals surface area contributed by atoms with Crippen molar-refractivity contribution in [3.8, 4) is 0 Å². The molecular formula is C21H20N2O4. The van der Waals surface area contributed by atoms with Crippen molar-refractivity contribution >= 4 is 23.6 Å². The van der Waals surface area contributed by atoms with Crippen LogP contribution in [0.3, 0.4) is 0 Å². The molecule has 2 atom stereocenters. The molecule has 6 nitrogen and oxygen atoms in total. The highest BCUT2D eigenvalue weighted by molar-refractivity contribution is 5.85. The fourth-order valence-electron chi connectivity index (χ4n) is 2.55. The average molecular weight is 364 g/mol. The molecule has 1 aliphatic carbocycles. The van der Waals surface area contributed by atoms with Crippen LogP contribution in [0.4, 0.5) is 21.0 Å². The first-order chi connectivity index (χ1) is 13.2. The van der Waals surface area contributed by atoms with Crippen LogP contribution in [-0.4, -0.2) is 24.4 Å². The van der Waals surface area contributed by atoms with E-state index < -0.39 is 24.4 Å². The molecule has 1 aliphatic rings. The lowest BCUT2D eigenvalue weighted by atomic mass is 10.1. The lowest BCUT2D eigenvalue weighted by Gasteiger charge is -2.23. The Morgan fingerprint density at radius 3 is 1.93 bits per heavy atom. The summed E-state index contributed by atoms with van der Waals surface area (Å²) >= 11 is 0. The standard InChI is InChI=1S/C21H20N2O4/c24-20(22-16-10-4-1-5-11-16)26-18-14-8-3-9-15-19(18)27-21(25)23-17-12-6-2-7-13-17/h1-14,18-19H,15H2,(H,22,24)(H,23,25)/t18-,19+/m1/s1. The molecule has 0 saturated carbocycles. The molecule has 0 aromatic heterocycles. The summed E-state index contributed by atoms with van der Waals surface area (Å²) in [5.74, 6) is 0. The maximum absolute atomic E-state index is 12.2. The molecule has 0 spiro atoms. The van der Waals surface area contributed by atoms with Gasteiger partial charge >= 0.3 is 12.2 Å². The molecule has 0 fully saturated rings. The number of allylic oxidation sites excluding steroid dienone is 2. The number of para-hydroxylation sites is 2. The second kappa shape index (κ2) is 9.24. The third-order valence-electron chi connectivity index (χ3n) is 3.82. The van der Waals surface area contributed by atoms with Gasteiger partial charge in [-0.2, -0.15) is 0 Å². The number of rotatable bonds is 4. The summed E-state index contributed by atoms with van der Waals surface area (Å²) in [7, 11) is 0. The fourth-order valence-corrected chi connectivity index (χ4v) is 2.55. The van der Waals surface area contributed by atoms with Crippen LogP contribution in [0.1, 0.15) is 6.42 Å². The number of hydrogen-bond acceptors (Lipinski definition) is 4. The molecule has 0 saturated heterocycles. The van der Waals surface area contributed by atoms with Crippen LogP contribution in [0.2, 0.25) is 0 Å². The summed E-state index contributed by atoms with van der Waals surface area (Å²) in [6, 6.07) is 18.0. The third-order valence-corrected chi connectivity index (χ3v) is 3.82. The minimum absolute atomic E-state index is 0.429. The SMILES string of the molecule is O=C(Nc1ccccc1)O[C@H]1CC=CC=C[C@H]1OC(=O)Nc1ccccc1. The van der Waals surface area contributed by atoms with Gasteiger partial charge in [0.15, 0.2) is 6.10 Å². The number of hydrogen-bond donors (Lipinski definition) is 2. The molecular weight excluding hydrogens is 344 g/mol. The second-order valence-corrected chi connectivity index (χ2v) is 5.84. The summed E-state index contributed by atoms with van der Waals surface area (Å²) < 4.78 is 10.9. The zero-order chi connectivity index (χ0) is 18.9. The molecule has 2 N–H and O–H groups in total. The third kappa shape index (κ3) is 5.74. The van der Waals surface area contributed by atoms with Gasteiger partial charge in [-0.1, -0.05) is 54.6 Å². The normalized spacial score (nSPS) is 18.2. The smallest absolute Gasteiger partial charge is 0.412 e. The van der Waals surface area contributed by atoms with Gasteiger partial charge in [0.25, 0.3) is 0 Å². The molecule has 0 radical (unpaired) electrons. The quantitative estimate of drug-likeness (QED) is 0.822. The Labute approximate surface area is 157 Å². The minimum Gasteiger partial charge on any atom is -0.441 e. The first-order valence-electron chi connectivity index (χ1n) is 8.59. The van der Waals surface area contributed by atoms with E-state index in [1.165, 1.54) is 0 Å². The van der Waals surface area contributed by atoms with Crippen LogP contribution < -0.4 is 10.6 Å². The molecule has 0 heterocycles. The van der Waals surface area contributed by atoms with Gasteiger partial charge in [0, 0.05) is 17.8 Å². The molecule has 2 aromatic rings. The Bertz CT molecular complexity index is 819. The van der Waals surface area contributed by atoms with E-state index >= 15 is 0 Å². The first-order valence-corrected chi connectivity index (χ1v) is 8.59. The number of anilines is 2. The molecule has 27 heavy (non-hydrogen) atoms. The summed E-state index contributed by atoms with van der Waals surface area (Å²) in [5, 5.41) is 5.31. The zero-order valence-corrected chi connectivity index (χ0v) is 14.6. The predicted octanol–water partition coefficient (Wildman–Crippen LogP) is 4.74. The van der Waals surface area contributed by atoms with Crippen LogP contribution in [0.25, 0.3) is 0 Å². The van der Waals surface area contributed by atoms with E-state index in [4.69, 9.17) is 9.47 Å². The number of carbonyl (C=O) groups excluding carboxylic acids is 2. The van der Waals surface area contributed by atoms with Gasteiger partial charge in [0.2, 0.25) is 0 Å². The molecule has 2 amide bonds. The summed E-state index contributed by atoms with van der Waals surface area (Å²) in [6.07, 6.45) is 5.00. The molecule has 3 rings (SSSR count). The van der Waals surface area contributed by atoms with Crippen molar-refractivity contribution in [2.24, 2.45) is 0 Å². The molecule has 0 aliphatic heterocycles. The van der Waals surface area contributed by atoms with E-state index in [1.807, 2.05) is 48.6 Å². The largest absolute Gasteiger partial charge is 0.441 e. The lowest BCUT2D eigenvalue weighted by molar-refractivity contribution is 0.0240. The van der Waals surface area contributed by atoms with Crippen molar-refractivity contribution < 1.29 is 19.1 Å². The Morgan fingerprint density at radius 1 is 0.778 bits per heavy atom. The first kappa shape index (κ1) is 18.3. The van der Waals surface area contributed by atoms with Crippen LogP contribution in [0.5, 0.6) is 0 Å². The lowest BCUT2D eigenvalue weighted by Crippen LogP contribution is -2.35. The Kier molecular flexibility index (Phi) is 6.25. The van der Waals surface area contributed by atoms with Gasteiger partial charge < -0.3 is 9.47 Å². The Balaban J connectivity index is 1.60. The predicted molar refractivity (Wildman–Crippen MR) is 104 cm³/mol. The van der Waals surface area contributed by atoms with E-state index in [2.05, 4.69) is 10.6 Å². The van der Waals surface area contributed by atoms with Gasteiger partial charge in [-0.05, 0) is 30.3 Å². The Morgan fingerprint density at radius 2 is 1.33 bits per heavy atom. The number of ether oxygens (including phenoxy) is 2. The van der Waals surface area contributed by atoms with Crippen molar-refractivity contribution in [1.29, 1.82) is 0 Å². The van der Waals surface area contributed by atoms with E-state index in [0.29, 0.717) is 17.8 Å². The molecule has 6 heteroatoms. The van der Waals surface area contributed by atoms with Crippen LogP contribution in [0, 0.1) is 0 Å². The van der Waals surface area contributed by atoms with Gasteiger partial charge in [-0.3, -0.25) is 10.6 Å². The number of amides is 2. The molecule has 0 unspecified atom stereocenters. The highest BCUT2D eigenvalue weighted by atomic mass is 16.6. The summed E-state index contributed by atoms with van der Waals surface area (Å²) in [6.45, 7) is 0. The van der Waals surface area contributed by atoms with Gasteiger partial charge in [-0.25, -0.2) is 9.59 Å². The number of nitrogens with one attached hydrogen (secondary N) is 2. The van der Waals surface area contributed by atoms with Gasteiger partial charge in [-0.15, -0.1) is 0 Å². The maximum atomic E-state index is 12.2. The molecule has 138 valence electrons. The van der Waals surface area contributed by atoms with E-state index in [1.54, 1.807) is 36.4 Å². The van der Waals surface area contributed by atoms with E-state index in [-0.39, 0.29) is 0 Å². The van der Waals surface area contributed by atoms with Crippen LogP contribution in [0.15, 0.2) is 85.0 Å².